The number of benzene rings is 1. The van der Waals surface area contributed by atoms with Gasteiger partial charge in [-0.3, -0.25) is 14.6 Å². The van der Waals surface area contributed by atoms with Crippen LogP contribution in [0.5, 0.6) is 0 Å². The van der Waals surface area contributed by atoms with E-state index in [0.29, 0.717) is 13.0 Å². The average molecular weight is 370 g/mol. The van der Waals surface area contributed by atoms with Crippen molar-refractivity contribution < 1.29 is 14.3 Å². The number of amides is 1. The van der Waals surface area contributed by atoms with Crippen LogP contribution in [0.3, 0.4) is 0 Å². The molecule has 0 bridgehead atoms. The quantitative estimate of drug-likeness (QED) is 0.792. The monoisotopic (exact) mass is 370 g/mol. The highest BCUT2D eigenvalue weighted by atomic mass is 32.2. The molecule has 136 valence electrons. The number of ether oxygens (including phenoxy) is 1. The minimum Gasteiger partial charge on any atom is -0.451 e. The van der Waals surface area contributed by atoms with Gasteiger partial charge in [0.15, 0.2) is 6.10 Å². The Hall–Kier alpha value is -2.34. The Morgan fingerprint density at radius 1 is 1.27 bits per heavy atom. The summed E-state index contributed by atoms with van der Waals surface area (Å²) >= 11 is 1.57. The van der Waals surface area contributed by atoms with Crippen LogP contribution in [0.15, 0.2) is 48.8 Å². The Morgan fingerprint density at radius 2 is 2.04 bits per heavy atom. The zero-order chi connectivity index (χ0) is 18.4. The van der Waals surface area contributed by atoms with Gasteiger partial charge < -0.3 is 10.1 Å². The third-order valence-corrected chi connectivity index (χ3v) is 5.55. The van der Waals surface area contributed by atoms with E-state index in [1.165, 1.54) is 5.56 Å². The van der Waals surface area contributed by atoms with Crippen LogP contribution in [0.1, 0.15) is 28.9 Å². The van der Waals surface area contributed by atoms with Gasteiger partial charge in [-0.15, -0.1) is 11.8 Å². The first-order chi connectivity index (χ1) is 12.6. The minimum atomic E-state index is -0.811. The Balaban J connectivity index is 1.50. The van der Waals surface area contributed by atoms with E-state index in [4.69, 9.17) is 4.74 Å². The first kappa shape index (κ1) is 18.5. The number of nitrogens with zero attached hydrogens (tertiary/aromatic N) is 1. The number of carbonyl (C=O) groups is 2. The summed E-state index contributed by atoms with van der Waals surface area (Å²) in [6.45, 7) is 2.10. The first-order valence-electron chi connectivity index (χ1n) is 8.71. The fourth-order valence-corrected chi connectivity index (χ4v) is 4.08. The number of hydrogen-bond acceptors (Lipinski definition) is 5. The maximum absolute atomic E-state index is 12.5. The molecule has 1 amide bonds. The third kappa shape index (κ3) is 4.64. The van der Waals surface area contributed by atoms with Crippen molar-refractivity contribution in [2.75, 3.05) is 12.3 Å². The van der Waals surface area contributed by atoms with E-state index < -0.39 is 6.10 Å². The topological polar surface area (TPSA) is 68.3 Å². The second kappa shape index (κ2) is 8.85. The summed E-state index contributed by atoms with van der Waals surface area (Å²) in [6, 6.07) is 11.7. The SMILES string of the molecule is C[C@@H](OC(=O)[C@@H]1SCCc2ccccc21)C(=O)NCCc1ccncc1. The molecule has 1 aromatic carbocycles. The highest BCUT2D eigenvalue weighted by molar-refractivity contribution is 8.00. The number of carbonyl (C=O) groups excluding carboxylic acids is 2. The summed E-state index contributed by atoms with van der Waals surface area (Å²) in [5.41, 5.74) is 3.28. The van der Waals surface area contributed by atoms with Gasteiger partial charge in [-0.25, -0.2) is 0 Å². The van der Waals surface area contributed by atoms with Crippen molar-refractivity contribution >= 4 is 23.6 Å². The van der Waals surface area contributed by atoms with Crippen LogP contribution in [-0.4, -0.2) is 35.3 Å². The van der Waals surface area contributed by atoms with E-state index in [2.05, 4.69) is 10.3 Å². The number of rotatable bonds is 6. The standard InChI is InChI=1S/C20H22N2O3S/c1-14(19(23)22-12-8-15-6-10-21-11-7-15)25-20(24)18-17-5-3-2-4-16(17)9-13-26-18/h2-7,10-11,14,18H,8-9,12-13H2,1H3,(H,22,23)/t14-,18-/m1/s1. The van der Waals surface area contributed by atoms with Crippen molar-refractivity contribution in [2.24, 2.45) is 0 Å². The third-order valence-electron chi connectivity index (χ3n) is 4.33. The molecule has 0 radical (unpaired) electrons. The normalized spacial score (nSPS) is 17.0. The summed E-state index contributed by atoms with van der Waals surface area (Å²) in [5, 5.41) is 2.46. The summed E-state index contributed by atoms with van der Waals surface area (Å²) in [4.78, 5) is 28.7. The van der Waals surface area contributed by atoms with Crippen LogP contribution in [0.4, 0.5) is 0 Å². The Morgan fingerprint density at radius 3 is 2.85 bits per heavy atom. The van der Waals surface area contributed by atoms with Gasteiger partial charge >= 0.3 is 5.97 Å². The minimum absolute atomic E-state index is 0.276. The van der Waals surface area contributed by atoms with Gasteiger partial charge in [0.1, 0.15) is 5.25 Å². The molecule has 1 aromatic heterocycles. The molecule has 0 fully saturated rings. The van der Waals surface area contributed by atoms with Crippen LogP contribution in [-0.2, 0) is 27.2 Å². The molecule has 0 saturated carbocycles. The molecule has 0 spiro atoms. The number of fused-ring (bicyclic) bond motifs is 1. The molecule has 0 aliphatic carbocycles. The van der Waals surface area contributed by atoms with Gasteiger partial charge in [-0.2, -0.15) is 0 Å². The highest BCUT2D eigenvalue weighted by Crippen LogP contribution is 2.37. The lowest BCUT2D eigenvalue weighted by molar-refractivity contribution is -0.154. The van der Waals surface area contributed by atoms with E-state index in [-0.39, 0.29) is 17.1 Å². The number of thioether (sulfide) groups is 1. The molecule has 6 heteroatoms. The van der Waals surface area contributed by atoms with Crippen LogP contribution in [0.2, 0.25) is 0 Å². The Labute approximate surface area is 157 Å². The molecule has 26 heavy (non-hydrogen) atoms. The van der Waals surface area contributed by atoms with E-state index in [1.807, 2.05) is 36.4 Å². The Bertz CT molecular complexity index is 767. The lowest BCUT2D eigenvalue weighted by Crippen LogP contribution is -2.37. The molecular formula is C20H22N2O3S. The highest BCUT2D eigenvalue weighted by Gasteiger charge is 2.30. The molecule has 5 nitrogen and oxygen atoms in total. The van der Waals surface area contributed by atoms with E-state index >= 15 is 0 Å². The predicted octanol–water partition coefficient (Wildman–Crippen LogP) is 2.70. The van der Waals surface area contributed by atoms with Crippen molar-refractivity contribution in [3.05, 3.63) is 65.5 Å². The molecule has 2 heterocycles. The fraction of sp³-hybridized carbons (Fsp3) is 0.350. The molecule has 0 unspecified atom stereocenters. The second-order valence-electron chi connectivity index (χ2n) is 6.18. The average Bonchev–Trinajstić information content (AvgIpc) is 2.68. The van der Waals surface area contributed by atoms with E-state index in [1.54, 1.807) is 31.1 Å². The van der Waals surface area contributed by atoms with Crippen LogP contribution >= 0.6 is 11.8 Å². The summed E-state index contributed by atoms with van der Waals surface area (Å²) in [5.74, 6) is 0.254. The number of aromatic nitrogens is 1. The molecule has 3 rings (SSSR count). The maximum Gasteiger partial charge on any atom is 0.324 e. The number of pyridine rings is 1. The summed E-state index contributed by atoms with van der Waals surface area (Å²) in [7, 11) is 0. The van der Waals surface area contributed by atoms with Crippen LogP contribution < -0.4 is 5.32 Å². The summed E-state index contributed by atoms with van der Waals surface area (Å²) in [6.07, 6.45) is 4.30. The number of esters is 1. The molecule has 1 aliphatic heterocycles. The number of aryl methyl sites for hydroxylation is 1. The summed E-state index contributed by atoms with van der Waals surface area (Å²) < 4.78 is 5.43. The van der Waals surface area contributed by atoms with Crippen LogP contribution in [0.25, 0.3) is 0 Å². The largest absolute Gasteiger partial charge is 0.451 e. The molecule has 2 atom stereocenters. The van der Waals surface area contributed by atoms with E-state index in [0.717, 1.165) is 23.3 Å². The van der Waals surface area contributed by atoms with Crippen molar-refractivity contribution in [2.45, 2.75) is 31.1 Å². The smallest absolute Gasteiger partial charge is 0.324 e. The zero-order valence-electron chi connectivity index (χ0n) is 14.7. The molecule has 0 saturated heterocycles. The van der Waals surface area contributed by atoms with Crippen molar-refractivity contribution in [1.29, 1.82) is 0 Å². The maximum atomic E-state index is 12.5. The zero-order valence-corrected chi connectivity index (χ0v) is 15.5. The lowest BCUT2D eigenvalue weighted by Gasteiger charge is -2.24. The molecular weight excluding hydrogens is 348 g/mol. The first-order valence-corrected chi connectivity index (χ1v) is 9.76. The molecule has 2 aromatic rings. The van der Waals surface area contributed by atoms with Crippen LogP contribution in [0, 0.1) is 0 Å². The van der Waals surface area contributed by atoms with Gasteiger partial charge in [-0.05, 0) is 54.3 Å². The van der Waals surface area contributed by atoms with E-state index in [9.17, 15) is 9.59 Å². The van der Waals surface area contributed by atoms with Gasteiger partial charge in [0.05, 0.1) is 0 Å². The second-order valence-corrected chi connectivity index (χ2v) is 7.39. The van der Waals surface area contributed by atoms with Crippen molar-refractivity contribution in [1.82, 2.24) is 10.3 Å². The van der Waals surface area contributed by atoms with Gasteiger partial charge in [-0.1, -0.05) is 24.3 Å². The fourth-order valence-electron chi connectivity index (χ4n) is 2.90. The molecule has 1 aliphatic rings. The number of hydrogen-bond donors (Lipinski definition) is 1. The Kier molecular flexibility index (Phi) is 6.28. The van der Waals surface area contributed by atoms with Gasteiger partial charge in [0.2, 0.25) is 0 Å². The number of nitrogens with one attached hydrogen (secondary N) is 1. The lowest BCUT2D eigenvalue weighted by atomic mass is 10.0. The van der Waals surface area contributed by atoms with Gasteiger partial charge in [0, 0.05) is 18.9 Å². The predicted molar refractivity (Wildman–Crippen MR) is 102 cm³/mol. The van der Waals surface area contributed by atoms with Crippen molar-refractivity contribution in [3.63, 3.8) is 0 Å². The van der Waals surface area contributed by atoms with Gasteiger partial charge in [0.25, 0.3) is 5.91 Å². The molecule has 1 N–H and O–H groups in total. The van der Waals surface area contributed by atoms with Crippen molar-refractivity contribution in [3.8, 4) is 0 Å².